The van der Waals surface area contributed by atoms with Crippen molar-refractivity contribution in [3.63, 3.8) is 0 Å². The summed E-state index contributed by atoms with van der Waals surface area (Å²) in [6.07, 6.45) is 0. The van der Waals surface area contributed by atoms with Gasteiger partial charge in [-0.05, 0) is 0 Å². The summed E-state index contributed by atoms with van der Waals surface area (Å²) < 4.78 is 0. The molecule has 0 unspecified atom stereocenters. The molecule has 4 heavy (non-hydrogen) atoms. The fourth-order valence-corrected chi connectivity index (χ4v) is 0. The van der Waals surface area contributed by atoms with Crippen LogP contribution in [0.4, 0.5) is 0 Å². The van der Waals surface area contributed by atoms with Crippen LogP contribution in [-0.2, 0) is 0 Å². The van der Waals surface area contributed by atoms with Gasteiger partial charge in [0.05, 0.1) is 0 Å². The molecule has 0 aromatic rings. The molecular formula is H9BiCaOSr. The van der Waals surface area contributed by atoms with Crippen molar-refractivity contribution in [2.45, 2.75) is 0 Å². The van der Waals surface area contributed by atoms with Crippen LogP contribution in [0.2, 0.25) is 0 Å². The minimum absolute atomic E-state index is 0. The second kappa shape index (κ2) is 16.0. The fraction of sp³-hybridized carbons (Fsp3) is 0. The summed E-state index contributed by atoms with van der Waals surface area (Å²) in [5.41, 5.74) is 0. The molecule has 24 valence electrons. The van der Waals surface area contributed by atoms with Gasteiger partial charge in [-0.3, -0.25) is 0 Å². The zero-order valence-corrected chi connectivity index (χ0v) is 13.8. The first kappa shape index (κ1) is 25.6. The third-order valence-electron chi connectivity index (χ3n) is 0. The predicted molar refractivity (Wildman–Crippen MR) is 29.5 cm³/mol. The first-order chi connectivity index (χ1) is 0. The molecule has 1 nitrogen and oxygen atoms in total. The fourth-order valence-electron chi connectivity index (χ4n) is 0. The normalized spacial score (nSPS) is 0. The summed E-state index contributed by atoms with van der Waals surface area (Å²) in [6.45, 7) is 0. The van der Waals surface area contributed by atoms with Gasteiger partial charge in [-0.25, -0.2) is 0 Å². The first-order valence-corrected chi connectivity index (χ1v) is 0. The van der Waals surface area contributed by atoms with E-state index in [9.17, 15) is 0 Å². The molecule has 0 saturated heterocycles. The summed E-state index contributed by atoms with van der Waals surface area (Å²) in [4.78, 5) is 0. The van der Waals surface area contributed by atoms with Crippen molar-refractivity contribution in [1.82, 2.24) is 0 Å². The van der Waals surface area contributed by atoms with Gasteiger partial charge in [-0.15, -0.1) is 0 Å². The van der Waals surface area contributed by atoms with Crippen molar-refractivity contribution >= 4 is 109 Å². The Kier molecular flexibility index (Phi) is 102. The van der Waals surface area contributed by atoms with Crippen LogP contribution in [0, 0.1) is 0 Å². The molecule has 0 saturated carbocycles. The van der Waals surface area contributed by atoms with Crippen LogP contribution in [0.5, 0.6) is 0 Å². The van der Waals surface area contributed by atoms with Gasteiger partial charge in [0.1, 0.15) is 0 Å². The largest absolute Gasteiger partial charge is 2.00 e. The molecule has 0 rings (SSSR count). The van der Waals surface area contributed by atoms with Gasteiger partial charge in [-0.1, -0.05) is 0 Å². The van der Waals surface area contributed by atoms with Crippen LogP contribution in [0.15, 0.2) is 0 Å². The van der Waals surface area contributed by atoms with E-state index in [-0.39, 0.29) is 121 Å². The van der Waals surface area contributed by atoms with E-state index < -0.39 is 0 Å². The molecule has 0 spiro atoms. The molecule has 0 amide bonds. The molecular weight excluding hydrogens is 353 g/mol. The summed E-state index contributed by atoms with van der Waals surface area (Å²) >= 11 is 0. The van der Waals surface area contributed by atoms with Crippen LogP contribution < -0.4 is 0 Å². The maximum atomic E-state index is 0. The van der Waals surface area contributed by atoms with E-state index in [2.05, 4.69) is 0 Å². The molecule has 0 fully saturated rings. The molecule has 0 heterocycles. The average Bonchev–Trinajstić information content (AvgIpc) is 0. The van der Waals surface area contributed by atoms with Gasteiger partial charge < -0.3 is 11.2 Å². The molecule has 2 N–H and O–H groups in total. The maximum absolute atomic E-state index is 0. The average molecular weight is 362 g/mol. The molecule has 0 bridgehead atoms. The van der Waals surface area contributed by atoms with Crippen molar-refractivity contribution in [2.24, 2.45) is 0 Å². The van der Waals surface area contributed by atoms with Crippen molar-refractivity contribution in [3.05, 3.63) is 0 Å². The zero-order chi connectivity index (χ0) is 0. The van der Waals surface area contributed by atoms with Crippen LogP contribution in [0.3, 0.4) is 0 Å². The van der Waals surface area contributed by atoms with E-state index in [1.54, 1.807) is 0 Å². The molecule has 0 aromatic carbocycles. The van der Waals surface area contributed by atoms with E-state index in [0.29, 0.717) is 0 Å². The van der Waals surface area contributed by atoms with Crippen LogP contribution in [0.25, 0.3) is 0 Å². The summed E-state index contributed by atoms with van der Waals surface area (Å²) in [5, 5.41) is 0. The van der Waals surface area contributed by atoms with Crippen molar-refractivity contribution in [3.8, 4) is 0 Å². The second-order valence-corrected chi connectivity index (χ2v) is 0. The van der Waals surface area contributed by atoms with Gasteiger partial charge in [0, 0.05) is 0 Å². The van der Waals surface area contributed by atoms with E-state index in [1.165, 1.54) is 0 Å². The minimum atomic E-state index is 0. The Morgan fingerprint density at radius 3 is 1.25 bits per heavy atom. The van der Waals surface area contributed by atoms with E-state index in [0.717, 1.165) is 0 Å². The van der Waals surface area contributed by atoms with Gasteiger partial charge >= 0.3 is 109 Å². The van der Waals surface area contributed by atoms with Crippen molar-refractivity contribution in [2.75, 3.05) is 0 Å². The smallest absolute Gasteiger partial charge is 1.00 e. The standard InChI is InChI=1S/Bi.Ca.H2O.Sr.7H/h;;1H2;;;;;;;;/q;+2;;+2;;;;4*-1. The monoisotopic (exact) mass is 362 g/mol. The van der Waals surface area contributed by atoms with Gasteiger partial charge in [0.15, 0.2) is 0 Å². The summed E-state index contributed by atoms with van der Waals surface area (Å²) in [7, 11) is 0. The Balaban J connectivity index is 0. The van der Waals surface area contributed by atoms with Crippen LogP contribution in [-0.4, -0.2) is 115 Å². The second-order valence-electron chi connectivity index (χ2n) is 0. The minimum Gasteiger partial charge on any atom is -1.00 e. The number of hydrogen-bond donors (Lipinski definition) is 0. The SMILES string of the molecule is O.[BiH3].[Ca+2].[H-].[H-].[H-].[H-].[Sr+2]. The number of rotatable bonds is 0. The summed E-state index contributed by atoms with van der Waals surface area (Å²) in [5.74, 6) is 0. The van der Waals surface area contributed by atoms with E-state index in [1.807, 2.05) is 0 Å². The predicted octanol–water partition coefficient (Wildman–Crippen LogP) is -2.32. The molecule has 0 atom stereocenters. The molecule has 0 aromatic heterocycles. The Morgan fingerprint density at radius 2 is 1.25 bits per heavy atom. The third kappa shape index (κ3) is 9.13. The van der Waals surface area contributed by atoms with Crippen LogP contribution in [0.1, 0.15) is 5.71 Å². The molecule has 0 radical (unpaired) electrons. The number of hydrogen-bond acceptors (Lipinski definition) is 0. The zero-order valence-electron chi connectivity index (χ0n) is 6.62. The van der Waals surface area contributed by atoms with Crippen molar-refractivity contribution in [1.29, 1.82) is 0 Å². The van der Waals surface area contributed by atoms with Gasteiger partial charge in [0.2, 0.25) is 0 Å². The quantitative estimate of drug-likeness (QED) is 0.434. The molecule has 0 aliphatic rings. The van der Waals surface area contributed by atoms with E-state index in [4.69, 9.17) is 0 Å². The Labute approximate surface area is 118 Å². The molecule has 0 aliphatic heterocycles. The molecule has 0 aliphatic carbocycles. The van der Waals surface area contributed by atoms with Gasteiger partial charge in [0.25, 0.3) is 0 Å². The maximum Gasteiger partial charge on any atom is 2.00 e. The topological polar surface area (TPSA) is 31.5 Å². The van der Waals surface area contributed by atoms with Crippen LogP contribution >= 0.6 is 0 Å². The third-order valence-corrected chi connectivity index (χ3v) is 0. The Morgan fingerprint density at radius 1 is 1.25 bits per heavy atom. The first-order valence-electron chi connectivity index (χ1n) is 0. The Hall–Kier alpha value is 3.58. The Bertz CT molecular complexity index is 16.0. The van der Waals surface area contributed by atoms with E-state index >= 15 is 0 Å². The van der Waals surface area contributed by atoms with Crippen molar-refractivity contribution < 1.29 is 11.2 Å². The molecule has 4 heteroatoms. The van der Waals surface area contributed by atoms with Gasteiger partial charge in [-0.2, -0.15) is 0 Å². The summed E-state index contributed by atoms with van der Waals surface area (Å²) in [6, 6.07) is 0.